The van der Waals surface area contributed by atoms with Crippen molar-refractivity contribution in [3.8, 4) is 23.0 Å². The summed E-state index contributed by atoms with van der Waals surface area (Å²) in [5.74, 6) is 2.15. The van der Waals surface area contributed by atoms with E-state index in [1.54, 1.807) is 36.3 Å². The fourth-order valence-electron chi connectivity index (χ4n) is 5.22. The Morgan fingerprint density at radius 3 is 2.64 bits per heavy atom. The Labute approximate surface area is 225 Å². The highest BCUT2D eigenvalue weighted by molar-refractivity contribution is 5.99. The smallest absolute Gasteiger partial charge is 0.291 e. The lowest BCUT2D eigenvalue weighted by Crippen LogP contribution is -2.29. The molecule has 8 heteroatoms. The van der Waals surface area contributed by atoms with E-state index in [1.165, 1.54) is 0 Å². The second-order valence-electron chi connectivity index (χ2n) is 9.66. The number of fused-ring (bicyclic) bond motifs is 3. The van der Waals surface area contributed by atoms with Gasteiger partial charge in [-0.2, -0.15) is 0 Å². The van der Waals surface area contributed by atoms with Crippen molar-refractivity contribution in [2.75, 3.05) is 20.5 Å². The van der Waals surface area contributed by atoms with E-state index in [2.05, 4.69) is 6.92 Å². The molecule has 0 fully saturated rings. The maximum Gasteiger partial charge on any atom is 0.291 e. The first kappa shape index (κ1) is 24.9. The summed E-state index contributed by atoms with van der Waals surface area (Å²) < 4.78 is 28.7. The third-order valence-corrected chi connectivity index (χ3v) is 7.17. The summed E-state index contributed by atoms with van der Waals surface area (Å²) in [6.45, 7) is 3.12. The summed E-state index contributed by atoms with van der Waals surface area (Å²) in [6, 6.07) is 17.4. The van der Waals surface area contributed by atoms with Gasteiger partial charge in [0.25, 0.3) is 5.91 Å². The zero-order valence-corrected chi connectivity index (χ0v) is 21.9. The van der Waals surface area contributed by atoms with Gasteiger partial charge in [0.1, 0.15) is 5.58 Å². The highest BCUT2D eigenvalue weighted by Crippen LogP contribution is 2.42. The summed E-state index contributed by atoms with van der Waals surface area (Å²) in [6.07, 6.45) is 3.13. The molecule has 39 heavy (non-hydrogen) atoms. The van der Waals surface area contributed by atoms with Crippen LogP contribution in [0.2, 0.25) is 0 Å². The zero-order valence-electron chi connectivity index (χ0n) is 21.9. The van der Waals surface area contributed by atoms with Gasteiger partial charge in [-0.1, -0.05) is 44.0 Å². The largest absolute Gasteiger partial charge is 0.493 e. The van der Waals surface area contributed by atoms with Gasteiger partial charge in [0.05, 0.1) is 30.7 Å². The molecule has 0 saturated heterocycles. The van der Waals surface area contributed by atoms with E-state index in [9.17, 15) is 9.59 Å². The number of benzene rings is 3. The van der Waals surface area contributed by atoms with Crippen LogP contribution in [-0.2, 0) is 6.54 Å². The number of carbonyl (C=O) groups is 1. The van der Waals surface area contributed by atoms with Crippen molar-refractivity contribution in [1.29, 1.82) is 0 Å². The van der Waals surface area contributed by atoms with E-state index < -0.39 is 6.04 Å². The topological polar surface area (TPSA) is 87.4 Å². The predicted molar refractivity (Wildman–Crippen MR) is 145 cm³/mol. The molecule has 2 aliphatic heterocycles. The number of hydrogen-bond donors (Lipinski definition) is 0. The Morgan fingerprint density at radius 2 is 1.79 bits per heavy atom. The lowest BCUT2D eigenvalue weighted by molar-refractivity contribution is 0.0714. The van der Waals surface area contributed by atoms with Crippen molar-refractivity contribution in [2.45, 2.75) is 38.8 Å². The quantitative estimate of drug-likeness (QED) is 0.253. The summed E-state index contributed by atoms with van der Waals surface area (Å²) in [4.78, 5) is 29.3. The number of rotatable bonds is 9. The molecule has 0 spiro atoms. The highest BCUT2D eigenvalue weighted by Gasteiger charge is 2.43. The van der Waals surface area contributed by atoms with Crippen LogP contribution >= 0.6 is 0 Å². The molecule has 3 heterocycles. The van der Waals surface area contributed by atoms with E-state index in [1.807, 2.05) is 36.4 Å². The molecule has 0 N–H and O–H groups in total. The van der Waals surface area contributed by atoms with E-state index in [0.29, 0.717) is 46.1 Å². The van der Waals surface area contributed by atoms with Crippen molar-refractivity contribution in [2.24, 2.45) is 0 Å². The average Bonchev–Trinajstić information content (AvgIpc) is 3.54. The average molecular weight is 528 g/mol. The van der Waals surface area contributed by atoms with Gasteiger partial charge in [0.2, 0.25) is 12.6 Å². The minimum atomic E-state index is -0.679. The first-order chi connectivity index (χ1) is 19.1. The van der Waals surface area contributed by atoms with E-state index >= 15 is 0 Å². The number of nitrogens with zero attached hydrogens (tertiary/aromatic N) is 1. The lowest BCUT2D eigenvalue weighted by atomic mass is 9.97. The van der Waals surface area contributed by atoms with E-state index in [0.717, 1.165) is 30.4 Å². The maximum absolute atomic E-state index is 13.8. The molecule has 0 aliphatic carbocycles. The van der Waals surface area contributed by atoms with Crippen LogP contribution in [0.25, 0.3) is 11.0 Å². The maximum atomic E-state index is 13.8. The van der Waals surface area contributed by atoms with Crippen LogP contribution in [-0.4, -0.2) is 31.3 Å². The normalized spacial score (nSPS) is 15.6. The van der Waals surface area contributed by atoms with Gasteiger partial charge >= 0.3 is 0 Å². The molecular formula is C31H29NO7. The minimum Gasteiger partial charge on any atom is -0.493 e. The third kappa shape index (κ3) is 4.46. The van der Waals surface area contributed by atoms with Crippen molar-refractivity contribution in [1.82, 2.24) is 4.90 Å². The van der Waals surface area contributed by atoms with Gasteiger partial charge in [-0.3, -0.25) is 9.59 Å². The molecule has 4 aromatic rings. The molecule has 3 aromatic carbocycles. The number of ether oxygens (including phenoxy) is 4. The molecule has 6 rings (SSSR count). The zero-order chi connectivity index (χ0) is 26.9. The highest BCUT2D eigenvalue weighted by atomic mass is 16.7. The summed E-state index contributed by atoms with van der Waals surface area (Å²) in [5, 5.41) is 0.432. The van der Waals surface area contributed by atoms with Gasteiger partial charge in [-0.25, -0.2) is 0 Å². The minimum absolute atomic E-state index is 0.0586. The first-order valence-corrected chi connectivity index (χ1v) is 13.1. The van der Waals surface area contributed by atoms with Crippen molar-refractivity contribution < 1.29 is 28.2 Å². The van der Waals surface area contributed by atoms with Gasteiger partial charge in [-0.05, 0) is 53.9 Å². The monoisotopic (exact) mass is 527 g/mol. The molecular weight excluding hydrogens is 498 g/mol. The molecule has 1 amide bonds. The number of unbranched alkanes of at least 4 members (excludes halogenated alkanes) is 2. The molecule has 1 aromatic heterocycles. The Bertz CT molecular complexity index is 1610. The molecule has 2 aliphatic rings. The molecule has 0 bridgehead atoms. The summed E-state index contributed by atoms with van der Waals surface area (Å²) in [5.41, 5.74) is 2.04. The Balaban J connectivity index is 1.44. The van der Waals surface area contributed by atoms with Gasteiger partial charge in [0, 0.05) is 6.54 Å². The predicted octanol–water partition coefficient (Wildman–Crippen LogP) is 5.84. The van der Waals surface area contributed by atoms with Crippen LogP contribution < -0.4 is 24.4 Å². The Morgan fingerprint density at radius 1 is 0.949 bits per heavy atom. The van der Waals surface area contributed by atoms with E-state index in [4.69, 9.17) is 23.4 Å². The van der Waals surface area contributed by atoms with Gasteiger partial charge in [-0.15, -0.1) is 0 Å². The number of hydrogen-bond acceptors (Lipinski definition) is 7. The molecule has 0 saturated carbocycles. The van der Waals surface area contributed by atoms with Gasteiger partial charge < -0.3 is 28.3 Å². The van der Waals surface area contributed by atoms with Crippen LogP contribution in [0.1, 0.15) is 59.5 Å². The van der Waals surface area contributed by atoms with E-state index in [-0.39, 0.29) is 30.4 Å². The van der Waals surface area contributed by atoms with Crippen LogP contribution in [0.5, 0.6) is 23.0 Å². The van der Waals surface area contributed by atoms with Crippen molar-refractivity contribution >= 4 is 16.9 Å². The molecule has 1 atom stereocenters. The lowest BCUT2D eigenvalue weighted by Gasteiger charge is -2.26. The van der Waals surface area contributed by atoms with Crippen molar-refractivity contribution in [3.63, 3.8) is 0 Å². The second-order valence-corrected chi connectivity index (χ2v) is 9.66. The molecule has 200 valence electrons. The van der Waals surface area contributed by atoms with Crippen LogP contribution in [0.15, 0.2) is 69.9 Å². The van der Waals surface area contributed by atoms with Crippen LogP contribution in [0.3, 0.4) is 0 Å². The number of carbonyl (C=O) groups excluding carboxylic acids is 1. The first-order valence-electron chi connectivity index (χ1n) is 13.1. The fourth-order valence-corrected chi connectivity index (χ4v) is 5.22. The molecule has 0 radical (unpaired) electrons. The second kappa shape index (κ2) is 10.4. The Kier molecular flexibility index (Phi) is 6.60. The van der Waals surface area contributed by atoms with Crippen LogP contribution in [0.4, 0.5) is 0 Å². The summed E-state index contributed by atoms with van der Waals surface area (Å²) >= 11 is 0. The Hall–Kier alpha value is -4.46. The number of methoxy groups -OCH3 is 1. The van der Waals surface area contributed by atoms with Crippen LogP contribution in [0, 0.1) is 0 Å². The number of para-hydroxylation sites is 1. The SMILES string of the molecule is CCCCCOc1ccc(C2c3c(oc4ccccc4c3=O)C(=O)N2Cc2ccc3c(c2)OCO3)cc1OC. The third-order valence-electron chi connectivity index (χ3n) is 7.17. The summed E-state index contributed by atoms with van der Waals surface area (Å²) in [7, 11) is 1.58. The van der Waals surface area contributed by atoms with Crippen molar-refractivity contribution in [3.05, 3.63) is 93.3 Å². The standard InChI is InChI=1S/C31H29NO7/c1-3-4-7-14-36-23-13-11-20(16-25(23)35-2)28-27-29(33)21-8-5-6-9-22(21)39-30(27)31(34)32(28)17-19-10-12-24-26(15-19)38-18-37-24/h5-6,8-13,15-16,28H,3-4,7,14,17-18H2,1-2H3. The number of amides is 1. The van der Waals surface area contributed by atoms with Gasteiger partial charge in [0.15, 0.2) is 28.4 Å². The fraction of sp³-hybridized carbons (Fsp3) is 0.290. The molecule has 1 unspecified atom stereocenters. The molecule has 8 nitrogen and oxygen atoms in total.